The zero-order valence-corrected chi connectivity index (χ0v) is 25.8. The summed E-state index contributed by atoms with van der Waals surface area (Å²) >= 11 is 0. The summed E-state index contributed by atoms with van der Waals surface area (Å²) in [5.74, 6) is -0.752. The van der Waals surface area contributed by atoms with Gasteiger partial charge in [-0.1, -0.05) is 50.2 Å². The third-order valence-corrected chi connectivity index (χ3v) is 8.84. The Morgan fingerprint density at radius 2 is 1.70 bits per heavy atom. The van der Waals surface area contributed by atoms with Crippen LogP contribution in [-0.4, -0.2) is 53.2 Å². The minimum Gasteiger partial charge on any atom is -0.438 e. The smallest absolute Gasteiger partial charge is 0.423 e. The lowest BCUT2D eigenvalue weighted by Gasteiger charge is -2.29. The lowest BCUT2D eigenvalue weighted by Crippen LogP contribution is -2.29. The van der Waals surface area contributed by atoms with Crippen LogP contribution in [0.3, 0.4) is 0 Å². The van der Waals surface area contributed by atoms with Gasteiger partial charge in [0.25, 0.3) is 10.0 Å². The van der Waals surface area contributed by atoms with Crippen LogP contribution in [-0.2, 0) is 29.7 Å². The fraction of sp³-hybridized carbons (Fsp3) is 0.387. The molecule has 4 aromatic rings. The van der Waals surface area contributed by atoms with E-state index < -0.39 is 39.3 Å². The molecular weight excluding hydrogens is 593 g/mol. The van der Waals surface area contributed by atoms with Crippen molar-refractivity contribution >= 4 is 16.0 Å². The molecule has 5 rings (SSSR count). The molecule has 1 aliphatic heterocycles. The predicted octanol–water partition coefficient (Wildman–Crippen LogP) is 6.50. The van der Waals surface area contributed by atoms with Gasteiger partial charge in [0.2, 0.25) is 11.8 Å². The van der Waals surface area contributed by atoms with Gasteiger partial charge >= 0.3 is 6.18 Å². The maximum atomic E-state index is 14.9. The van der Waals surface area contributed by atoms with Crippen molar-refractivity contribution in [2.45, 2.75) is 50.1 Å². The topological polar surface area (TPSA) is 102 Å². The largest absolute Gasteiger partial charge is 0.438 e. The molecule has 0 radical (unpaired) electrons. The average molecular weight is 629 g/mol. The van der Waals surface area contributed by atoms with Crippen LogP contribution in [0.25, 0.3) is 11.3 Å². The number of nitrogens with one attached hydrogen (secondary N) is 1. The van der Waals surface area contributed by atoms with Gasteiger partial charge in [0.1, 0.15) is 16.2 Å². The molecule has 1 saturated heterocycles. The molecule has 13 heteroatoms. The Kier molecular flexibility index (Phi) is 8.98. The van der Waals surface area contributed by atoms with Gasteiger partial charge in [0.15, 0.2) is 0 Å². The summed E-state index contributed by atoms with van der Waals surface area (Å²) in [6.45, 7) is 5.85. The standard InChI is InChI=1S/C31H35F3N6O3S/c1-20(2)17-23-7-5-6-8-26(23)28-27(31(32,33)34)29(37-30(36-28)38-44(41,42)25-18-35-40(4)19-25)43-24-11-9-21(10-12-24)22-13-15-39(3)16-14-22/h5-12,18-20,22H,13-17H2,1-4H3,(H,36,37,38). The number of benzene rings is 2. The third kappa shape index (κ3) is 7.21. The fourth-order valence-corrected chi connectivity index (χ4v) is 6.28. The van der Waals surface area contributed by atoms with Crippen LogP contribution in [0.1, 0.15) is 49.3 Å². The first-order valence-corrected chi connectivity index (χ1v) is 15.8. The van der Waals surface area contributed by atoms with Crippen molar-refractivity contribution in [3.05, 3.63) is 77.6 Å². The van der Waals surface area contributed by atoms with Gasteiger partial charge in [-0.2, -0.15) is 23.3 Å². The molecule has 1 fully saturated rings. The highest BCUT2D eigenvalue weighted by molar-refractivity contribution is 7.92. The van der Waals surface area contributed by atoms with Crippen molar-refractivity contribution in [3.63, 3.8) is 0 Å². The third-order valence-electron chi connectivity index (χ3n) is 7.56. The average Bonchev–Trinajstić information content (AvgIpc) is 3.40. The van der Waals surface area contributed by atoms with Crippen LogP contribution < -0.4 is 9.46 Å². The molecule has 9 nitrogen and oxygen atoms in total. The van der Waals surface area contributed by atoms with Crippen LogP contribution in [0.5, 0.6) is 11.6 Å². The first kappa shape index (κ1) is 31.5. The van der Waals surface area contributed by atoms with Gasteiger partial charge in [0.05, 0.1) is 11.9 Å². The lowest BCUT2D eigenvalue weighted by molar-refractivity contribution is -0.138. The van der Waals surface area contributed by atoms with Crippen LogP contribution >= 0.6 is 0 Å². The highest BCUT2D eigenvalue weighted by Gasteiger charge is 2.41. The van der Waals surface area contributed by atoms with E-state index in [0.29, 0.717) is 17.9 Å². The van der Waals surface area contributed by atoms with E-state index in [-0.39, 0.29) is 22.1 Å². The number of anilines is 1. The minimum absolute atomic E-state index is 0.133. The van der Waals surface area contributed by atoms with Crippen LogP contribution in [0.15, 0.2) is 65.8 Å². The normalized spacial score (nSPS) is 15.1. The van der Waals surface area contributed by atoms with Crippen LogP contribution in [0.2, 0.25) is 0 Å². The number of piperidine rings is 1. The van der Waals surface area contributed by atoms with E-state index in [2.05, 4.69) is 31.7 Å². The first-order chi connectivity index (χ1) is 20.8. The van der Waals surface area contributed by atoms with E-state index in [9.17, 15) is 21.6 Å². The van der Waals surface area contributed by atoms with E-state index in [4.69, 9.17) is 4.74 Å². The molecule has 0 unspecified atom stereocenters. The number of aryl methyl sites for hydroxylation is 1. The fourth-order valence-electron chi connectivity index (χ4n) is 5.36. The van der Waals surface area contributed by atoms with Crippen molar-refractivity contribution in [2.24, 2.45) is 13.0 Å². The summed E-state index contributed by atoms with van der Waals surface area (Å²) in [4.78, 5) is 10.2. The zero-order chi connectivity index (χ0) is 31.6. The molecule has 0 spiro atoms. The predicted molar refractivity (Wildman–Crippen MR) is 161 cm³/mol. The second-order valence-corrected chi connectivity index (χ2v) is 13.2. The summed E-state index contributed by atoms with van der Waals surface area (Å²) in [7, 11) is -0.659. The van der Waals surface area contributed by atoms with Crippen molar-refractivity contribution in [1.82, 2.24) is 24.6 Å². The number of hydrogen-bond acceptors (Lipinski definition) is 7. The highest BCUT2D eigenvalue weighted by atomic mass is 32.2. The molecule has 44 heavy (non-hydrogen) atoms. The Balaban J connectivity index is 1.61. The van der Waals surface area contributed by atoms with Gasteiger partial charge in [-0.05, 0) is 74.5 Å². The quantitative estimate of drug-likeness (QED) is 0.226. The molecule has 2 aromatic heterocycles. The van der Waals surface area contributed by atoms with Gasteiger partial charge in [-0.3, -0.25) is 4.68 Å². The molecule has 0 amide bonds. The minimum atomic E-state index is -4.93. The van der Waals surface area contributed by atoms with E-state index in [1.54, 1.807) is 37.4 Å². The van der Waals surface area contributed by atoms with Crippen LogP contribution in [0.4, 0.5) is 19.1 Å². The summed E-state index contributed by atoms with van der Waals surface area (Å²) in [5.41, 5.74) is 0.238. The summed E-state index contributed by atoms with van der Waals surface area (Å²) in [6, 6.07) is 13.6. The monoisotopic (exact) mass is 628 g/mol. The van der Waals surface area contributed by atoms with Gasteiger partial charge in [-0.25, -0.2) is 18.1 Å². The number of nitrogens with zero attached hydrogens (tertiary/aromatic N) is 5. The van der Waals surface area contributed by atoms with Crippen molar-refractivity contribution in [3.8, 4) is 22.9 Å². The molecule has 0 saturated carbocycles. The molecule has 234 valence electrons. The molecule has 1 N–H and O–H groups in total. The Morgan fingerprint density at radius 1 is 1.02 bits per heavy atom. The maximum Gasteiger partial charge on any atom is 0.423 e. The number of ether oxygens (including phenoxy) is 1. The second kappa shape index (κ2) is 12.6. The van der Waals surface area contributed by atoms with Crippen molar-refractivity contribution in [1.29, 1.82) is 0 Å². The SMILES string of the molecule is CC(C)Cc1ccccc1-c1nc(NS(=O)(=O)c2cnn(C)c2)nc(Oc2ccc(C3CCN(C)CC3)cc2)c1C(F)(F)F. The number of halogens is 3. The number of sulfonamides is 1. The Labute approximate surface area is 255 Å². The lowest BCUT2D eigenvalue weighted by atomic mass is 9.90. The molecular formula is C31H35F3N6O3S. The van der Waals surface area contributed by atoms with E-state index in [1.165, 1.54) is 16.9 Å². The Bertz CT molecular complexity index is 1710. The molecule has 2 aromatic carbocycles. The number of aromatic nitrogens is 4. The molecule has 3 heterocycles. The molecule has 1 aliphatic rings. The van der Waals surface area contributed by atoms with Gasteiger partial charge in [0, 0.05) is 18.8 Å². The second-order valence-electron chi connectivity index (χ2n) is 11.5. The Hall–Kier alpha value is -3.97. The summed E-state index contributed by atoms with van der Waals surface area (Å²) < 4.78 is 80.1. The maximum absolute atomic E-state index is 14.9. The Morgan fingerprint density at radius 3 is 2.32 bits per heavy atom. The number of alkyl halides is 3. The van der Waals surface area contributed by atoms with Crippen molar-refractivity contribution < 1.29 is 26.3 Å². The van der Waals surface area contributed by atoms with Gasteiger partial charge < -0.3 is 9.64 Å². The number of rotatable bonds is 9. The molecule has 0 atom stereocenters. The molecule has 0 aliphatic carbocycles. The summed E-state index contributed by atoms with van der Waals surface area (Å²) in [5, 5.41) is 3.87. The highest BCUT2D eigenvalue weighted by Crippen LogP contribution is 2.44. The van der Waals surface area contributed by atoms with Crippen molar-refractivity contribution in [2.75, 3.05) is 24.9 Å². The van der Waals surface area contributed by atoms with E-state index in [1.807, 2.05) is 26.0 Å². The first-order valence-electron chi connectivity index (χ1n) is 14.4. The van der Waals surface area contributed by atoms with Crippen LogP contribution in [0, 0.1) is 5.92 Å². The van der Waals surface area contributed by atoms with E-state index >= 15 is 0 Å². The van der Waals surface area contributed by atoms with E-state index in [0.717, 1.165) is 37.7 Å². The zero-order valence-electron chi connectivity index (χ0n) is 25.0. The summed E-state index contributed by atoms with van der Waals surface area (Å²) in [6.07, 6.45) is -0.0999. The number of hydrogen-bond donors (Lipinski definition) is 1. The van der Waals surface area contributed by atoms with Gasteiger partial charge in [-0.15, -0.1) is 0 Å². The number of likely N-dealkylation sites (tertiary alicyclic amines) is 1. The molecule has 0 bridgehead atoms.